The molecule has 0 amide bonds. The minimum Gasteiger partial charge on any atom is -0.486 e. The molecule has 2 rings (SSSR count). The van der Waals surface area contributed by atoms with Crippen molar-refractivity contribution in [1.82, 2.24) is 5.32 Å². The second kappa shape index (κ2) is 5.80. The number of hydrogen-bond donors (Lipinski definition) is 2. The molecule has 1 aromatic carbocycles. The van der Waals surface area contributed by atoms with Crippen molar-refractivity contribution in [2.45, 2.75) is 39.3 Å². The van der Waals surface area contributed by atoms with Crippen LogP contribution in [0.25, 0.3) is 0 Å². The number of benzene rings is 1. The smallest absolute Gasteiger partial charge is 0.161 e. The number of aryl methyl sites for hydroxylation is 1. The molecule has 0 spiro atoms. The SMILES string of the molecule is Cc1cc2c(cc1CNC(C)(C)CCN)OCCO2. The summed E-state index contributed by atoms with van der Waals surface area (Å²) in [5.41, 5.74) is 8.15. The molecule has 0 saturated heterocycles. The molecular formula is C15H24N2O2. The molecule has 0 bridgehead atoms. The molecule has 19 heavy (non-hydrogen) atoms. The van der Waals surface area contributed by atoms with Gasteiger partial charge < -0.3 is 20.5 Å². The number of nitrogens with two attached hydrogens (primary N) is 1. The van der Waals surface area contributed by atoms with Crippen LogP contribution < -0.4 is 20.5 Å². The summed E-state index contributed by atoms with van der Waals surface area (Å²) in [5, 5.41) is 3.55. The predicted octanol–water partition coefficient (Wildman–Crippen LogP) is 1.98. The van der Waals surface area contributed by atoms with Gasteiger partial charge in [-0.05, 0) is 57.0 Å². The minimum atomic E-state index is 0.0500. The standard InChI is InChI=1S/C15H24N2O2/c1-11-8-13-14(19-7-6-18-13)9-12(11)10-17-15(2,3)4-5-16/h8-9,17H,4-7,10,16H2,1-3H3. The van der Waals surface area contributed by atoms with Gasteiger partial charge in [0.2, 0.25) is 0 Å². The Morgan fingerprint density at radius 1 is 1.21 bits per heavy atom. The molecule has 1 aromatic rings. The molecule has 4 nitrogen and oxygen atoms in total. The summed E-state index contributed by atoms with van der Waals surface area (Å²) < 4.78 is 11.2. The lowest BCUT2D eigenvalue weighted by molar-refractivity contribution is 0.171. The largest absolute Gasteiger partial charge is 0.486 e. The predicted molar refractivity (Wildman–Crippen MR) is 76.8 cm³/mol. The van der Waals surface area contributed by atoms with Gasteiger partial charge in [-0.25, -0.2) is 0 Å². The summed E-state index contributed by atoms with van der Waals surface area (Å²) in [6.45, 7) is 9.22. The van der Waals surface area contributed by atoms with E-state index < -0.39 is 0 Å². The molecule has 1 heterocycles. The zero-order valence-electron chi connectivity index (χ0n) is 12.1. The molecule has 0 aliphatic carbocycles. The van der Waals surface area contributed by atoms with Crippen LogP contribution in [0, 0.1) is 6.92 Å². The van der Waals surface area contributed by atoms with Crippen LogP contribution in [0.3, 0.4) is 0 Å². The first kappa shape index (κ1) is 14.2. The molecular weight excluding hydrogens is 240 g/mol. The number of fused-ring (bicyclic) bond motifs is 1. The van der Waals surface area contributed by atoms with Crippen molar-refractivity contribution in [1.29, 1.82) is 0 Å². The highest BCUT2D eigenvalue weighted by Gasteiger charge is 2.18. The first-order chi connectivity index (χ1) is 9.02. The van der Waals surface area contributed by atoms with E-state index in [9.17, 15) is 0 Å². The zero-order valence-corrected chi connectivity index (χ0v) is 12.1. The van der Waals surface area contributed by atoms with Gasteiger partial charge in [-0.1, -0.05) is 0 Å². The van der Waals surface area contributed by atoms with Crippen molar-refractivity contribution in [2.75, 3.05) is 19.8 Å². The third-order valence-corrected chi connectivity index (χ3v) is 3.53. The van der Waals surface area contributed by atoms with E-state index in [0.29, 0.717) is 19.8 Å². The molecule has 3 N–H and O–H groups in total. The van der Waals surface area contributed by atoms with E-state index in [0.717, 1.165) is 24.5 Å². The van der Waals surface area contributed by atoms with E-state index in [1.807, 2.05) is 0 Å². The van der Waals surface area contributed by atoms with Crippen LogP contribution in [0.2, 0.25) is 0 Å². The fraction of sp³-hybridized carbons (Fsp3) is 0.600. The average molecular weight is 264 g/mol. The van der Waals surface area contributed by atoms with Crippen molar-refractivity contribution in [3.63, 3.8) is 0 Å². The minimum absolute atomic E-state index is 0.0500. The summed E-state index contributed by atoms with van der Waals surface area (Å²) in [4.78, 5) is 0. The maximum atomic E-state index is 5.63. The van der Waals surface area contributed by atoms with Crippen molar-refractivity contribution < 1.29 is 9.47 Å². The van der Waals surface area contributed by atoms with E-state index in [-0.39, 0.29) is 5.54 Å². The lowest BCUT2D eigenvalue weighted by Crippen LogP contribution is -2.40. The molecule has 106 valence electrons. The molecule has 0 unspecified atom stereocenters. The fourth-order valence-corrected chi connectivity index (χ4v) is 2.21. The molecule has 0 saturated carbocycles. The highest BCUT2D eigenvalue weighted by Crippen LogP contribution is 2.33. The molecule has 0 radical (unpaired) electrons. The van der Waals surface area contributed by atoms with E-state index in [2.05, 4.69) is 38.2 Å². The highest BCUT2D eigenvalue weighted by molar-refractivity contribution is 5.47. The lowest BCUT2D eigenvalue weighted by atomic mass is 9.99. The summed E-state index contributed by atoms with van der Waals surface area (Å²) in [5.74, 6) is 1.71. The van der Waals surface area contributed by atoms with E-state index in [1.165, 1.54) is 11.1 Å². The third kappa shape index (κ3) is 3.61. The van der Waals surface area contributed by atoms with Crippen LogP contribution in [0.4, 0.5) is 0 Å². The second-order valence-electron chi connectivity index (χ2n) is 5.70. The van der Waals surface area contributed by atoms with Crippen LogP contribution in [0.5, 0.6) is 11.5 Å². The van der Waals surface area contributed by atoms with Crippen LogP contribution in [0.1, 0.15) is 31.4 Å². The number of rotatable bonds is 5. The first-order valence-electron chi connectivity index (χ1n) is 6.86. The van der Waals surface area contributed by atoms with E-state index in [1.54, 1.807) is 0 Å². The van der Waals surface area contributed by atoms with Crippen LogP contribution >= 0.6 is 0 Å². The number of hydrogen-bond acceptors (Lipinski definition) is 4. The maximum Gasteiger partial charge on any atom is 0.161 e. The Bertz CT molecular complexity index is 444. The Morgan fingerprint density at radius 3 is 2.47 bits per heavy atom. The van der Waals surface area contributed by atoms with Crippen molar-refractivity contribution in [3.8, 4) is 11.5 Å². The quantitative estimate of drug-likeness (QED) is 0.854. The lowest BCUT2D eigenvalue weighted by Gasteiger charge is -2.27. The second-order valence-corrected chi connectivity index (χ2v) is 5.70. The first-order valence-corrected chi connectivity index (χ1v) is 6.86. The van der Waals surface area contributed by atoms with Gasteiger partial charge in [0.25, 0.3) is 0 Å². The number of ether oxygens (including phenoxy) is 2. The van der Waals surface area contributed by atoms with Crippen molar-refractivity contribution in [3.05, 3.63) is 23.3 Å². The Morgan fingerprint density at radius 2 is 1.84 bits per heavy atom. The zero-order chi connectivity index (χ0) is 13.9. The van der Waals surface area contributed by atoms with Gasteiger partial charge in [-0.3, -0.25) is 0 Å². The van der Waals surface area contributed by atoms with Gasteiger partial charge in [0.05, 0.1) is 0 Å². The van der Waals surface area contributed by atoms with Gasteiger partial charge in [0.1, 0.15) is 13.2 Å². The summed E-state index contributed by atoms with van der Waals surface area (Å²) in [6, 6.07) is 4.14. The topological polar surface area (TPSA) is 56.5 Å². The third-order valence-electron chi connectivity index (χ3n) is 3.53. The molecule has 0 fully saturated rings. The summed E-state index contributed by atoms with van der Waals surface area (Å²) >= 11 is 0. The van der Waals surface area contributed by atoms with Crippen molar-refractivity contribution in [2.24, 2.45) is 5.73 Å². The average Bonchev–Trinajstić information content (AvgIpc) is 2.36. The molecule has 1 aliphatic rings. The number of nitrogens with one attached hydrogen (secondary N) is 1. The molecule has 1 aliphatic heterocycles. The van der Waals surface area contributed by atoms with E-state index >= 15 is 0 Å². The Hall–Kier alpha value is -1.26. The highest BCUT2D eigenvalue weighted by atomic mass is 16.6. The Kier molecular flexibility index (Phi) is 4.32. The van der Waals surface area contributed by atoms with Crippen LogP contribution in [0.15, 0.2) is 12.1 Å². The Balaban J connectivity index is 2.08. The van der Waals surface area contributed by atoms with Gasteiger partial charge in [0, 0.05) is 12.1 Å². The molecule has 4 heteroatoms. The summed E-state index contributed by atoms with van der Waals surface area (Å²) in [7, 11) is 0. The monoisotopic (exact) mass is 264 g/mol. The fourth-order valence-electron chi connectivity index (χ4n) is 2.21. The van der Waals surface area contributed by atoms with Crippen molar-refractivity contribution >= 4 is 0 Å². The maximum absolute atomic E-state index is 5.63. The van der Waals surface area contributed by atoms with Gasteiger partial charge in [-0.2, -0.15) is 0 Å². The molecule has 0 atom stereocenters. The molecule has 0 aromatic heterocycles. The van der Waals surface area contributed by atoms with Gasteiger partial charge in [0.15, 0.2) is 11.5 Å². The normalized spacial score (nSPS) is 14.5. The van der Waals surface area contributed by atoms with Gasteiger partial charge in [-0.15, -0.1) is 0 Å². The van der Waals surface area contributed by atoms with E-state index in [4.69, 9.17) is 15.2 Å². The summed E-state index contributed by atoms with van der Waals surface area (Å²) in [6.07, 6.45) is 0.955. The van der Waals surface area contributed by atoms with Crippen LogP contribution in [-0.4, -0.2) is 25.3 Å². The van der Waals surface area contributed by atoms with Crippen LogP contribution in [-0.2, 0) is 6.54 Å². The van der Waals surface area contributed by atoms with Gasteiger partial charge >= 0.3 is 0 Å². The Labute approximate surface area is 115 Å².